The number of halogens is 1. The number of imide groups is 1. The molecule has 0 fully saturated rings. The molecular weight excluding hydrogens is 375 g/mol. The van der Waals surface area contributed by atoms with Crippen molar-refractivity contribution in [2.45, 2.75) is 13.3 Å². The summed E-state index contributed by atoms with van der Waals surface area (Å²) in [5.74, 6) is -1.17. The fourth-order valence-electron chi connectivity index (χ4n) is 3.09. The number of nitrogens with zero attached hydrogens (tertiary/aromatic N) is 1. The number of carbonyl (C=O) groups excluding carboxylic acids is 2. The second-order valence-electron chi connectivity index (χ2n) is 6.32. The van der Waals surface area contributed by atoms with E-state index in [1.807, 2.05) is 30.5 Å². The van der Waals surface area contributed by atoms with Crippen LogP contribution in [-0.4, -0.2) is 11.8 Å². The van der Waals surface area contributed by atoms with Crippen LogP contribution in [0.25, 0.3) is 5.57 Å². The van der Waals surface area contributed by atoms with Crippen molar-refractivity contribution < 1.29 is 14.0 Å². The molecule has 0 spiro atoms. The summed E-state index contributed by atoms with van der Waals surface area (Å²) in [7, 11) is 0. The summed E-state index contributed by atoms with van der Waals surface area (Å²) in [6.07, 6.45) is 0.873. The molecule has 140 valence electrons. The fourth-order valence-corrected chi connectivity index (χ4v) is 3.86. The van der Waals surface area contributed by atoms with E-state index in [1.165, 1.54) is 40.5 Å². The van der Waals surface area contributed by atoms with Crippen molar-refractivity contribution in [2.24, 2.45) is 0 Å². The van der Waals surface area contributed by atoms with Gasteiger partial charge in [-0.2, -0.15) is 0 Å². The Balaban J connectivity index is 1.75. The van der Waals surface area contributed by atoms with Gasteiger partial charge in [-0.05, 0) is 59.8 Å². The minimum absolute atomic E-state index is 0.193. The Bertz CT molecular complexity index is 1050. The van der Waals surface area contributed by atoms with E-state index >= 15 is 0 Å². The normalized spacial score (nSPS) is 14.1. The van der Waals surface area contributed by atoms with E-state index in [-0.39, 0.29) is 17.4 Å². The number of hydrogen-bond donors (Lipinski definition) is 1. The molecule has 1 N–H and O–H groups in total. The minimum atomic E-state index is -0.429. The minimum Gasteiger partial charge on any atom is -0.350 e. The number of carbonyl (C=O) groups is 2. The summed E-state index contributed by atoms with van der Waals surface area (Å²) in [6, 6.07) is 16.7. The molecule has 0 unspecified atom stereocenters. The quantitative estimate of drug-likeness (QED) is 0.632. The van der Waals surface area contributed by atoms with Crippen molar-refractivity contribution in [3.8, 4) is 0 Å². The van der Waals surface area contributed by atoms with E-state index in [0.717, 1.165) is 12.0 Å². The van der Waals surface area contributed by atoms with Gasteiger partial charge in [0, 0.05) is 10.6 Å². The van der Waals surface area contributed by atoms with Crippen molar-refractivity contribution in [2.75, 3.05) is 10.2 Å². The Morgan fingerprint density at radius 2 is 1.68 bits per heavy atom. The molecule has 2 aromatic carbocycles. The number of aryl methyl sites for hydroxylation is 1. The zero-order valence-corrected chi connectivity index (χ0v) is 15.9. The highest BCUT2D eigenvalue weighted by Gasteiger charge is 2.40. The molecule has 4 rings (SSSR count). The first-order chi connectivity index (χ1) is 13.6. The molecule has 4 nitrogen and oxygen atoms in total. The summed E-state index contributed by atoms with van der Waals surface area (Å²) < 4.78 is 13.2. The number of amides is 2. The highest BCUT2D eigenvalue weighted by atomic mass is 32.1. The van der Waals surface area contributed by atoms with E-state index in [2.05, 4.69) is 5.32 Å². The van der Waals surface area contributed by atoms with Crippen molar-refractivity contribution in [3.05, 3.63) is 88.0 Å². The van der Waals surface area contributed by atoms with Gasteiger partial charge in [0.05, 0.1) is 11.3 Å². The molecule has 0 bridgehead atoms. The molecule has 0 radical (unpaired) electrons. The second kappa shape index (κ2) is 7.40. The Morgan fingerprint density at radius 3 is 2.29 bits per heavy atom. The van der Waals surface area contributed by atoms with Crippen LogP contribution in [0.15, 0.2) is 71.7 Å². The molecule has 0 saturated carbocycles. The molecule has 0 saturated heterocycles. The average molecular weight is 392 g/mol. The van der Waals surface area contributed by atoms with Crippen molar-refractivity contribution in [1.82, 2.24) is 0 Å². The summed E-state index contributed by atoms with van der Waals surface area (Å²) in [4.78, 5) is 28.2. The van der Waals surface area contributed by atoms with E-state index in [1.54, 1.807) is 18.2 Å². The van der Waals surface area contributed by atoms with E-state index in [4.69, 9.17) is 0 Å². The molecule has 2 amide bonds. The topological polar surface area (TPSA) is 49.4 Å². The summed E-state index contributed by atoms with van der Waals surface area (Å²) >= 11 is 1.39. The van der Waals surface area contributed by atoms with Crippen LogP contribution in [0.4, 0.5) is 15.8 Å². The average Bonchev–Trinajstić information content (AvgIpc) is 3.31. The molecule has 0 aliphatic carbocycles. The van der Waals surface area contributed by atoms with E-state index in [9.17, 15) is 14.0 Å². The van der Waals surface area contributed by atoms with Crippen LogP contribution < -0.4 is 10.2 Å². The van der Waals surface area contributed by atoms with Crippen molar-refractivity contribution in [1.29, 1.82) is 0 Å². The number of nitrogens with one attached hydrogen (secondary N) is 1. The molecule has 0 atom stereocenters. The van der Waals surface area contributed by atoms with Gasteiger partial charge in [-0.15, -0.1) is 11.3 Å². The van der Waals surface area contributed by atoms with Crippen LogP contribution in [0.5, 0.6) is 0 Å². The summed E-state index contributed by atoms with van der Waals surface area (Å²) in [5.41, 5.74) is 2.70. The lowest BCUT2D eigenvalue weighted by Crippen LogP contribution is -2.32. The largest absolute Gasteiger partial charge is 0.350 e. The predicted molar refractivity (Wildman–Crippen MR) is 110 cm³/mol. The third kappa shape index (κ3) is 3.23. The standard InChI is InChI=1S/C22H17FN2O2S/c1-2-14-5-11-17(12-6-14)25-21(26)19(18-4-3-13-28-18)20(22(25)27)24-16-9-7-15(23)8-10-16/h3-13,24H,2H2,1H3. The zero-order chi connectivity index (χ0) is 19.7. The third-order valence-electron chi connectivity index (χ3n) is 4.57. The number of benzene rings is 2. The van der Waals surface area contributed by atoms with Gasteiger partial charge in [-0.1, -0.05) is 25.1 Å². The van der Waals surface area contributed by atoms with Crippen LogP contribution in [0, 0.1) is 5.82 Å². The first-order valence-electron chi connectivity index (χ1n) is 8.87. The van der Waals surface area contributed by atoms with Gasteiger partial charge in [0.25, 0.3) is 11.8 Å². The first-order valence-corrected chi connectivity index (χ1v) is 9.75. The monoisotopic (exact) mass is 392 g/mol. The SMILES string of the molecule is CCc1ccc(N2C(=O)C(Nc3ccc(F)cc3)=C(c3cccs3)C2=O)cc1. The van der Waals surface area contributed by atoms with E-state index in [0.29, 0.717) is 21.8 Å². The zero-order valence-electron chi connectivity index (χ0n) is 15.1. The maximum absolute atomic E-state index is 13.2. The van der Waals surface area contributed by atoms with Gasteiger partial charge in [0.2, 0.25) is 0 Å². The number of rotatable bonds is 5. The van der Waals surface area contributed by atoms with Gasteiger partial charge >= 0.3 is 0 Å². The van der Waals surface area contributed by atoms with Gasteiger partial charge in [0.1, 0.15) is 11.5 Å². The number of hydrogen-bond acceptors (Lipinski definition) is 4. The van der Waals surface area contributed by atoms with Crippen LogP contribution in [-0.2, 0) is 16.0 Å². The van der Waals surface area contributed by atoms with Crippen LogP contribution >= 0.6 is 11.3 Å². The molecule has 3 aromatic rings. The summed E-state index contributed by atoms with van der Waals surface area (Å²) in [6.45, 7) is 2.04. The Labute approximate surface area is 165 Å². The predicted octanol–water partition coefficient (Wildman–Crippen LogP) is 4.85. The lowest BCUT2D eigenvalue weighted by molar-refractivity contribution is -0.120. The van der Waals surface area contributed by atoms with Crippen LogP contribution in [0.1, 0.15) is 17.4 Å². The van der Waals surface area contributed by atoms with Crippen molar-refractivity contribution in [3.63, 3.8) is 0 Å². The van der Waals surface area contributed by atoms with E-state index < -0.39 is 5.91 Å². The van der Waals surface area contributed by atoms with Gasteiger partial charge in [0.15, 0.2) is 0 Å². The Kier molecular flexibility index (Phi) is 4.79. The number of anilines is 2. The van der Waals surface area contributed by atoms with Gasteiger partial charge in [-0.3, -0.25) is 9.59 Å². The van der Waals surface area contributed by atoms with Crippen molar-refractivity contribution >= 4 is 40.1 Å². The van der Waals surface area contributed by atoms with Crippen LogP contribution in [0.3, 0.4) is 0 Å². The third-order valence-corrected chi connectivity index (χ3v) is 5.46. The Morgan fingerprint density at radius 1 is 0.964 bits per heavy atom. The highest BCUT2D eigenvalue weighted by Crippen LogP contribution is 2.35. The molecule has 1 aliphatic heterocycles. The fraction of sp³-hybridized carbons (Fsp3) is 0.0909. The smallest absolute Gasteiger partial charge is 0.282 e. The van der Waals surface area contributed by atoms with Gasteiger partial charge in [-0.25, -0.2) is 9.29 Å². The lowest BCUT2D eigenvalue weighted by atomic mass is 10.1. The van der Waals surface area contributed by atoms with Crippen LogP contribution in [0.2, 0.25) is 0 Å². The molecule has 1 aromatic heterocycles. The summed E-state index contributed by atoms with van der Waals surface area (Å²) in [5, 5.41) is 4.87. The molecule has 2 heterocycles. The Hall–Kier alpha value is -3.25. The number of thiophene rings is 1. The first kappa shape index (κ1) is 18.1. The second-order valence-corrected chi connectivity index (χ2v) is 7.27. The molecule has 28 heavy (non-hydrogen) atoms. The lowest BCUT2D eigenvalue weighted by Gasteiger charge is -2.15. The highest BCUT2D eigenvalue weighted by molar-refractivity contribution is 7.11. The molecule has 1 aliphatic rings. The molecule has 6 heteroatoms. The molecular formula is C22H17FN2O2S. The maximum Gasteiger partial charge on any atom is 0.282 e. The maximum atomic E-state index is 13.2. The van der Waals surface area contributed by atoms with Gasteiger partial charge < -0.3 is 5.32 Å².